The zero-order chi connectivity index (χ0) is 9.10. The van der Waals surface area contributed by atoms with Crippen LogP contribution < -0.4 is 10.2 Å². The molecule has 0 saturated carbocycles. The number of hydrogen-bond acceptors (Lipinski definition) is 4. The number of ether oxygens (including phenoxy) is 1. The van der Waals surface area contributed by atoms with Crippen molar-refractivity contribution in [2.24, 2.45) is 0 Å². The highest BCUT2D eigenvalue weighted by Gasteiger charge is 2.22. The lowest BCUT2D eigenvalue weighted by Gasteiger charge is -2.01. The molecule has 1 aromatic carbocycles. The lowest BCUT2D eigenvalue weighted by atomic mass is 10.2. The van der Waals surface area contributed by atoms with Gasteiger partial charge in [-0.3, -0.25) is 4.84 Å². The molecule has 1 aliphatic heterocycles. The van der Waals surface area contributed by atoms with Gasteiger partial charge in [-0.05, 0) is 24.3 Å². The van der Waals surface area contributed by atoms with Gasteiger partial charge in [-0.1, -0.05) is 0 Å². The Morgan fingerprint density at radius 2 is 2.15 bits per heavy atom. The van der Waals surface area contributed by atoms with Gasteiger partial charge in [0.15, 0.2) is 6.23 Å². The summed E-state index contributed by atoms with van der Waals surface area (Å²) in [6.07, 6.45) is 0.0237. The Labute approximate surface area is 75.6 Å². The molecule has 1 fully saturated rings. The first-order chi connectivity index (χ1) is 6.38. The second kappa shape index (κ2) is 3.44. The molecule has 1 saturated heterocycles. The Bertz CT molecular complexity index is 324. The van der Waals surface area contributed by atoms with E-state index in [4.69, 9.17) is 14.8 Å². The highest BCUT2D eigenvalue weighted by molar-refractivity contribution is 5.34. The second-order valence-electron chi connectivity index (χ2n) is 2.67. The van der Waals surface area contributed by atoms with Crippen molar-refractivity contribution in [3.63, 3.8) is 0 Å². The SMILES string of the molecule is N#Cc1ccc(OC[C@@H]2NO2)cc1. The molecule has 1 heterocycles. The number of hydroxylamine groups is 1. The van der Waals surface area contributed by atoms with Crippen LogP contribution in [0.3, 0.4) is 0 Å². The molecule has 1 atom stereocenters. The Kier molecular flexibility index (Phi) is 2.13. The van der Waals surface area contributed by atoms with Gasteiger partial charge in [-0.2, -0.15) is 10.7 Å². The zero-order valence-electron chi connectivity index (χ0n) is 6.86. The van der Waals surface area contributed by atoms with Crippen LogP contribution >= 0.6 is 0 Å². The molecule has 1 aliphatic rings. The fraction of sp³-hybridized carbons (Fsp3) is 0.222. The number of hydrogen-bond donors (Lipinski definition) is 1. The lowest BCUT2D eigenvalue weighted by Crippen LogP contribution is -2.06. The molecule has 0 aliphatic carbocycles. The first-order valence-corrected chi connectivity index (χ1v) is 3.92. The molecular formula is C9H8N2O2. The summed E-state index contributed by atoms with van der Waals surface area (Å²) in [4.78, 5) is 4.75. The van der Waals surface area contributed by atoms with E-state index in [-0.39, 0.29) is 6.23 Å². The Morgan fingerprint density at radius 1 is 1.46 bits per heavy atom. The molecule has 13 heavy (non-hydrogen) atoms. The quantitative estimate of drug-likeness (QED) is 0.691. The van der Waals surface area contributed by atoms with Crippen LogP contribution in [0.5, 0.6) is 5.75 Å². The average molecular weight is 176 g/mol. The van der Waals surface area contributed by atoms with Crippen molar-refractivity contribution in [2.75, 3.05) is 6.61 Å². The maximum absolute atomic E-state index is 8.54. The van der Waals surface area contributed by atoms with Crippen molar-refractivity contribution in [3.05, 3.63) is 29.8 Å². The maximum atomic E-state index is 8.54. The van der Waals surface area contributed by atoms with E-state index in [0.29, 0.717) is 12.2 Å². The van der Waals surface area contributed by atoms with Crippen molar-refractivity contribution >= 4 is 0 Å². The number of rotatable bonds is 3. The standard InChI is InChI=1S/C9H8N2O2/c10-5-7-1-3-8(4-2-7)12-6-9-11-13-9/h1-4,9,11H,6H2/t9-/m1/s1. The Balaban J connectivity index is 1.93. The van der Waals surface area contributed by atoms with Crippen LogP contribution in [-0.2, 0) is 4.84 Å². The van der Waals surface area contributed by atoms with Gasteiger partial charge in [0.25, 0.3) is 0 Å². The van der Waals surface area contributed by atoms with E-state index in [0.717, 1.165) is 5.75 Å². The largest absolute Gasteiger partial charge is 0.489 e. The van der Waals surface area contributed by atoms with Crippen molar-refractivity contribution in [2.45, 2.75) is 6.23 Å². The summed E-state index contributed by atoms with van der Waals surface area (Å²) in [5.74, 6) is 0.747. The normalized spacial score (nSPS) is 19.2. The molecule has 0 bridgehead atoms. The minimum Gasteiger partial charge on any atom is -0.489 e. The number of nitrogens with zero attached hydrogens (tertiary/aromatic N) is 1. The van der Waals surface area contributed by atoms with E-state index in [1.165, 1.54) is 0 Å². The van der Waals surface area contributed by atoms with Crippen LogP contribution in [0.1, 0.15) is 5.56 Å². The molecule has 0 amide bonds. The van der Waals surface area contributed by atoms with Crippen LogP contribution in [0, 0.1) is 11.3 Å². The highest BCUT2D eigenvalue weighted by atomic mass is 16.8. The molecule has 0 unspecified atom stereocenters. The Hall–Kier alpha value is -1.57. The van der Waals surface area contributed by atoms with Gasteiger partial charge in [0.05, 0.1) is 11.6 Å². The summed E-state index contributed by atoms with van der Waals surface area (Å²) in [5, 5.41) is 8.54. The number of nitrogens with one attached hydrogen (secondary N) is 1. The first kappa shape index (κ1) is 8.05. The predicted octanol–water partition coefficient (Wildman–Crippen LogP) is 0.798. The molecular weight excluding hydrogens is 168 g/mol. The molecule has 4 heteroatoms. The summed E-state index contributed by atoms with van der Waals surface area (Å²) >= 11 is 0. The molecule has 2 rings (SSSR count). The molecule has 1 N–H and O–H groups in total. The third-order valence-electron chi connectivity index (χ3n) is 1.67. The summed E-state index contributed by atoms with van der Waals surface area (Å²) < 4.78 is 5.33. The molecule has 0 aromatic heterocycles. The minimum absolute atomic E-state index is 0.0237. The molecule has 66 valence electrons. The predicted molar refractivity (Wildman–Crippen MR) is 44.7 cm³/mol. The Morgan fingerprint density at radius 3 is 2.69 bits per heavy atom. The van der Waals surface area contributed by atoms with E-state index < -0.39 is 0 Å². The fourth-order valence-electron chi connectivity index (χ4n) is 0.914. The van der Waals surface area contributed by atoms with Gasteiger partial charge < -0.3 is 4.74 Å². The van der Waals surface area contributed by atoms with Crippen molar-refractivity contribution < 1.29 is 9.57 Å². The summed E-state index contributed by atoms with van der Waals surface area (Å²) in [5.41, 5.74) is 3.28. The van der Waals surface area contributed by atoms with E-state index in [1.807, 2.05) is 6.07 Å². The second-order valence-corrected chi connectivity index (χ2v) is 2.67. The fourth-order valence-corrected chi connectivity index (χ4v) is 0.914. The molecule has 1 aromatic rings. The van der Waals surface area contributed by atoms with Crippen LogP contribution in [-0.4, -0.2) is 12.8 Å². The van der Waals surface area contributed by atoms with E-state index in [1.54, 1.807) is 24.3 Å². The van der Waals surface area contributed by atoms with Gasteiger partial charge in [-0.15, -0.1) is 0 Å². The lowest BCUT2D eigenvalue weighted by molar-refractivity contribution is 0.260. The zero-order valence-corrected chi connectivity index (χ0v) is 6.86. The smallest absolute Gasteiger partial charge is 0.185 e. The van der Waals surface area contributed by atoms with E-state index >= 15 is 0 Å². The topological polar surface area (TPSA) is 67.5 Å². The van der Waals surface area contributed by atoms with Crippen molar-refractivity contribution in [3.8, 4) is 11.8 Å². The summed E-state index contributed by atoms with van der Waals surface area (Å²) in [6, 6.07) is 9.01. The molecule has 4 nitrogen and oxygen atoms in total. The van der Waals surface area contributed by atoms with Gasteiger partial charge in [-0.25, -0.2) is 0 Å². The van der Waals surface area contributed by atoms with Crippen molar-refractivity contribution in [1.82, 2.24) is 5.48 Å². The highest BCUT2D eigenvalue weighted by Crippen LogP contribution is 2.12. The van der Waals surface area contributed by atoms with Gasteiger partial charge in [0.1, 0.15) is 12.4 Å². The van der Waals surface area contributed by atoms with Gasteiger partial charge >= 0.3 is 0 Å². The van der Waals surface area contributed by atoms with E-state index in [9.17, 15) is 0 Å². The molecule has 0 radical (unpaired) electrons. The third kappa shape index (κ3) is 2.18. The summed E-state index contributed by atoms with van der Waals surface area (Å²) in [7, 11) is 0. The number of benzene rings is 1. The summed E-state index contributed by atoms with van der Waals surface area (Å²) in [6.45, 7) is 0.492. The average Bonchev–Trinajstić information content (AvgIpc) is 2.99. The van der Waals surface area contributed by atoms with Crippen molar-refractivity contribution in [1.29, 1.82) is 5.26 Å². The van der Waals surface area contributed by atoms with E-state index in [2.05, 4.69) is 5.48 Å². The van der Waals surface area contributed by atoms with Gasteiger partial charge in [0, 0.05) is 0 Å². The monoisotopic (exact) mass is 176 g/mol. The van der Waals surface area contributed by atoms with Gasteiger partial charge in [0.2, 0.25) is 0 Å². The van der Waals surface area contributed by atoms with Crippen LogP contribution in [0.15, 0.2) is 24.3 Å². The minimum atomic E-state index is 0.0237. The molecule has 0 spiro atoms. The first-order valence-electron chi connectivity index (χ1n) is 3.92. The van der Waals surface area contributed by atoms with Crippen LogP contribution in [0.2, 0.25) is 0 Å². The number of nitriles is 1. The maximum Gasteiger partial charge on any atom is 0.185 e. The van der Waals surface area contributed by atoms with Crippen LogP contribution in [0.25, 0.3) is 0 Å². The third-order valence-corrected chi connectivity index (χ3v) is 1.67. The van der Waals surface area contributed by atoms with Crippen LogP contribution in [0.4, 0.5) is 0 Å².